The summed E-state index contributed by atoms with van der Waals surface area (Å²) in [4.78, 5) is 0. The maximum absolute atomic E-state index is 5.39. The van der Waals surface area contributed by atoms with Crippen molar-refractivity contribution in [2.75, 3.05) is 91.6 Å². The van der Waals surface area contributed by atoms with Gasteiger partial charge in [0.2, 0.25) is 0 Å². The van der Waals surface area contributed by atoms with Crippen LogP contribution in [0, 0.1) is 0 Å². The molecule has 0 heterocycles. The second-order valence-electron chi connectivity index (χ2n) is 5.08. The van der Waals surface area contributed by atoms with Crippen LogP contribution in [0.1, 0.15) is 0 Å². The first-order chi connectivity index (χ1) is 10.9. The molecular formula is C14H38N8. The maximum atomic E-state index is 5.39. The van der Waals surface area contributed by atoms with Gasteiger partial charge in [0.1, 0.15) is 0 Å². The summed E-state index contributed by atoms with van der Waals surface area (Å²) in [6, 6.07) is 0. The molecule has 0 saturated carbocycles. The van der Waals surface area contributed by atoms with Crippen molar-refractivity contribution in [2.24, 2.45) is 11.5 Å². The Morgan fingerprint density at radius 1 is 0.318 bits per heavy atom. The average molecular weight is 319 g/mol. The standard InChI is InChI=1S/C14H38N8/c15-1-3-17-5-7-19-9-11-21-13-14-22-12-10-20-8-6-18-4-2-16/h17-22H,1-16H2. The zero-order valence-electron chi connectivity index (χ0n) is 14.1. The van der Waals surface area contributed by atoms with E-state index in [0.717, 1.165) is 78.5 Å². The topological polar surface area (TPSA) is 124 Å². The Morgan fingerprint density at radius 3 is 0.682 bits per heavy atom. The predicted molar refractivity (Wildman–Crippen MR) is 95.3 cm³/mol. The Balaban J connectivity index is 2.91. The van der Waals surface area contributed by atoms with Crippen molar-refractivity contribution in [1.29, 1.82) is 0 Å². The summed E-state index contributed by atoms with van der Waals surface area (Å²) in [5, 5.41) is 20.1. The molecule has 8 nitrogen and oxygen atoms in total. The molecule has 0 bridgehead atoms. The molecule has 22 heavy (non-hydrogen) atoms. The van der Waals surface area contributed by atoms with Gasteiger partial charge in [0.15, 0.2) is 0 Å². The molecule has 134 valence electrons. The van der Waals surface area contributed by atoms with Gasteiger partial charge < -0.3 is 43.4 Å². The average Bonchev–Trinajstić information content (AvgIpc) is 2.54. The summed E-state index contributed by atoms with van der Waals surface area (Å²) in [5.41, 5.74) is 10.8. The molecule has 0 radical (unpaired) electrons. The highest BCUT2D eigenvalue weighted by atomic mass is 15.0. The quantitative estimate of drug-likeness (QED) is 0.115. The Morgan fingerprint density at radius 2 is 0.500 bits per heavy atom. The molecule has 8 heteroatoms. The van der Waals surface area contributed by atoms with Gasteiger partial charge in [-0.25, -0.2) is 0 Å². The number of hydrogen-bond acceptors (Lipinski definition) is 8. The molecule has 0 aliphatic carbocycles. The predicted octanol–water partition coefficient (Wildman–Crippen LogP) is -3.56. The highest BCUT2D eigenvalue weighted by Crippen LogP contribution is 1.64. The van der Waals surface area contributed by atoms with E-state index in [2.05, 4.69) is 31.9 Å². The van der Waals surface area contributed by atoms with E-state index in [1.54, 1.807) is 0 Å². The number of rotatable bonds is 19. The van der Waals surface area contributed by atoms with Gasteiger partial charge in [-0.1, -0.05) is 0 Å². The van der Waals surface area contributed by atoms with E-state index < -0.39 is 0 Å². The van der Waals surface area contributed by atoms with Crippen LogP contribution in [0.25, 0.3) is 0 Å². The Kier molecular flexibility index (Phi) is 20.4. The van der Waals surface area contributed by atoms with Gasteiger partial charge in [-0.15, -0.1) is 0 Å². The Hall–Kier alpha value is -0.320. The second kappa shape index (κ2) is 20.7. The van der Waals surface area contributed by atoms with Crippen LogP contribution in [-0.4, -0.2) is 91.6 Å². The summed E-state index contributed by atoms with van der Waals surface area (Å²) in [6.07, 6.45) is 0. The summed E-state index contributed by atoms with van der Waals surface area (Å²) in [7, 11) is 0. The first kappa shape index (κ1) is 21.7. The minimum atomic E-state index is 0.704. The van der Waals surface area contributed by atoms with Gasteiger partial charge in [0, 0.05) is 91.6 Å². The molecule has 0 amide bonds. The van der Waals surface area contributed by atoms with Crippen molar-refractivity contribution in [3.63, 3.8) is 0 Å². The summed E-state index contributed by atoms with van der Waals surface area (Å²) >= 11 is 0. The van der Waals surface area contributed by atoms with E-state index in [0.29, 0.717) is 13.1 Å². The largest absolute Gasteiger partial charge is 0.329 e. The lowest BCUT2D eigenvalue weighted by Gasteiger charge is -2.09. The van der Waals surface area contributed by atoms with Crippen molar-refractivity contribution in [2.45, 2.75) is 0 Å². The van der Waals surface area contributed by atoms with Crippen LogP contribution in [-0.2, 0) is 0 Å². The zero-order chi connectivity index (χ0) is 16.1. The van der Waals surface area contributed by atoms with Crippen molar-refractivity contribution < 1.29 is 0 Å². The molecule has 0 aromatic carbocycles. The highest BCUT2D eigenvalue weighted by Gasteiger charge is 1.91. The summed E-state index contributed by atoms with van der Waals surface area (Å²) < 4.78 is 0. The van der Waals surface area contributed by atoms with Gasteiger partial charge in [0.05, 0.1) is 0 Å². The van der Waals surface area contributed by atoms with E-state index in [4.69, 9.17) is 11.5 Å². The minimum Gasteiger partial charge on any atom is -0.329 e. The van der Waals surface area contributed by atoms with Crippen molar-refractivity contribution >= 4 is 0 Å². The van der Waals surface area contributed by atoms with Crippen LogP contribution in [0.3, 0.4) is 0 Å². The fourth-order valence-electron chi connectivity index (χ4n) is 1.84. The molecule has 0 aromatic heterocycles. The third-order valence-electron chi connectivity index (χ3n) is 3.03. The monoisotopic (exact) mass is 318 g/mol. The molecule has 10 N–H and O–H groups in total. The number of nitrogens with one attached hydrogen (secondary N) is 6. The van der Waals surface area contributed by atoms with Crippen LogP contribution >= 0.6 is 0 Å². The molecule has 0 fully saturated rings. The van der Waals surface area contributed by atoms with E-state index >= 15 is 0 Å². The van der Waals surface area contributed by atoms with E-state index in [1.165, 1.54) is 0 Å². The van der Waals surface area contributed by atoms with Crippen LogP contribution < -0.4 is 43.4 Å². The van der Waals surface area contributed by atoms with Gasteiger partial charge >= 0.3 is 0 Å². The third kappa shape index (κ3) is 19.7. The Labute approximate surface area is 135 Å². The Bertz CT molecular complexity index is 174. The summed E-state index contributed by atoms with van der Waals surface area (Å²) in [6.45, 7) is 13.2. The van der Waals surface area contributed by atoms with E-state index in [9.17, 15) is 0 Å². The third-order valence-corrected chi connectivity index (χ3v) is 3.03. The summed E-state index contributed by atoms with van der Waals surface area (Å²) in [5.74, 6) is 0. The van der Waals surface area contributed by atoms with Crippen molar-refractivity contribution in [1.82, 2.24) is 31.9 Å². The first-order valence-electron chi connectivity index (χ1n) is 8.56. The lowest BCUT2D eigenvalue weighted by Crippen LogP contribution is -2.37. The van der Waals surface area contributed by atoms with Crippen molar-refractivity contribution in [3.8, 4) is 0 Å². The molecule has 0 rings (SSSR count). The second-order valence-corrected chi connectivity index (χ2v) is 5.08. The van der Waals surface area contributed by atoms with Crippen LogP contribution in [0.2, 0.25) is 0 Å². The van der Waals surface area contributed by atoms with Crippen molar-refractivity contribution in [3.05, 3.63) is 0 Å². The van der Waals surface area contributed by atoms with Crippen LogP contribution in [0.15, 0.2) is 0 Å². The molecule has 0 aliphatic rings. The van der Waals surface area contributed by atoms with E-state index in [-0.39, 0.29) is 0 Å². The fraction of sp³-hybridized carbons (Fsp3) is 1.00. The molecule has 0 saturated heterocycles. The van der Waals surface area contributed by atoms with Crippen LogP contribution in [0.4, 0.5) is 0 Å². The van der Waals surface area contributed by atoms with Gasteiger partial charge in [0.25, 0.3) is 0 Å². The fourth-order valence-corrected chi connectivity index (χ4v) is 1.84. The first-order valence-corrected chi connectivity index (χ1v) is 8.56. The molecule has 0 aliphatic heterocycles. The van der Waals surface area contributed by atoms with Gasteiger partial charge in [-0.3, -0.25) is 0 Å². The van der Waals surface area contributed by atoms with Crippen LogP contribution in [0.5, 0.6) is 0 Å². The zero-order valence-corrected chi connectivity index (χ0v) is 14.1. The number of nitrogens with two attached hydrogens (primary N) is 2. The molecule has 0 unspecified atom stereocenters. The smallest absolute Gasteiger partial charge is 0.00772 e. The normalized spacial score (nSPS) is 11.2. The van der Waals surface area contributed by atoms with E-state index in [1.807, 2.05) is 0 Å². The molecule has 0 atom stereocenters. The molecule has 0 spiro atoms. The maximum Gasteiger partial charge on any atom is 0.00772 e. The van der Waals surface area contributed by atoms with Gasteiger partial charge in [-0.2, -0.15) is 0 Å². The highest BCUT2D eigenvalue weighted by molar-refractivity contribution is 4.58. The lowest BCUT2D eigenvalue weighted by atomic mass is 10.5. The SMILES string of the molecule is NCCNCCNCCNCCNCCNCCNCCN. The number of hydrogen-bond donors (Lipinski definition) is 8. The lowest BCUT2D eigenvalue weighted by molar-refractivity contribution is 0.553. The minimum absolute atomic E-state index is 0.704. The molecule has 0 aromatic rings. The van der Waals surface area contributed by atoms with Gasteiger partial charge in [-0.05, 0) is 0 Å². The molecular weight excluding hydrogens is 280 g/mol.